The number of fused-ring (bicyclic) bond motifs is 1. The van der Waals surface area contributed by atoms with Crippen molar-refractivity contribution in [3.63, 3.8) is 0 Å². The number of piperidine rings is 1. The topological polar surface area (TPSA) is 85.0 Å². The van der Waals surface area contributed by atoms with Crippen LogP contribution in [0.5, 0.6) is 0 Å². The van der Waals surface area contributed by atoms with Gasteiger partial charge in [0.15, 0.2) is 6.67 Å². The van der Waals surface area contributed by atoms with Gasteiger partial charge in [0.1, 0.15) is 0 Å². The van der Waals surface area contributed by atoms with Crippen molar-refractivity contribution in [1.29, 1.82) is 0 Å². The number of ketones is 1. The summed E-state index contributed by atoms with van der Waals surface area (Å²) >= 11 is 0. The monoisotopic (exact) mass is 290 g/mol. The Hall–Kier alpha value is -2.28. The maximum absolute atomic E-state index is 12.1. The normalized spacial score (nSPS) is 19.0. The number of likely N-dealkylation sites (tertiary alicyclic amines) is 1. The van der Waals surface area contributed by atoms with E-state index >= 15 is 0 Å². The number of nitrogens with zero attached hydrogens (tertiary/aromatic N) is 2. The van der Waals surface area contributed by atoms with Crippen molar-refractivity contribution in [3.8, 4) is 0 Å². The summed E-state index contributed by atoms with van der Waals surface area (Å²) in [5.41, 5.74) is 0.473. The molecule has 2 aliphatic heterocycles. The molecule has 0 bridgehead atoms. The van der Waals surface area contributed by atoms with E-state index < -0.39 is 16.6 Å². The lowest BCUT2D eigenvalue weighted by Gasteiger charge is -2.27. The predicted octanol–water partition coefficient (Wildman–Crippen LogP) is 0.150. The molecule has 21 heavy (non-hydrogen) atoms. The molecule has 1 aromatic rings. The quantitative estimate of drug-likeness (QED) is 0.488. The Labute approximate surface area is 121 Å². The van der Waals surface area contributed by atoms with Gasteiger partial charge in [-0.3, -0.25) is 24.6 Å². The Kier molecular flexibility index (Phi) is 3.42. The van der Waals surface area contributed by atoms with Crippen molar-refractivity contribution in [2.75, 3.05) is 24.7 Å². The van der Waals surface area contributed by atoms with E-state index in [4.69, 9.17) is 0 Å². The molecule has 2 heterocycles. The number of nitro groups is 1. The van der Waals surface area contributed by atoms with Crippen LogP contribution in [0.2, 0.25) is 0 Å². The zero-order chi connectivity index (χ0) is 15.0. The Bertz CT molecular complexity index is 623. The van der Waals surface area contributed by atoms with Gasteiger partial charge >= 0.3 is 5.91 Å². The summed E-state index contributed by atoms with van der Waals surface area (Å²) in [7, 11) is 0. The Morgan fingerprint density at radius 1 is 1.19 bits per heavy atom. The number of anilines is 1. The van der Waals surface area contributed by atoms with Crippen molar-refractivity contribution in [3.05, 3.63) is 33.9 Å². The molecule has 0 saturated carbocycles. The second-order valence-corrected chi connectivity index (χ2v) is 5.49. The number of Topliss-reactive ketones (excluding diaryl/α,β-unsaturated/α-hetero) is 1. The molecular formula is C14H16N3O4+. The molecule has 1 N–H and O–H groups in total. The van der Waals surface area contributed by atoms with Gasteiger partial charge in [-0.15, -0.1) is 0 Å². The van der Waals surface area contributed by atoms with Gasteiger partial charge in [-0.1, -0.05) is 0 Å². The van der Waals surface area contributed by atoms with E-state index in [1.165, 1.54) is 34.4 Å². The number of nitrogens with one attached hydrogen (secondary N) is 1. The molecule has 7 nitrogen and oxygen atoms in total. The first-order chi connectivity index (χ1) is 10.1. The van der Waals surface area contributed by atoms with E-state index in [0.717, 1.165) is 25.9 Å². The van der Waals surface area contributed by atoms with E-state index in [9.17, 15) is 19.7 Å². The number of hydrogen-bond donors (Lipinski definition) is 1. The first kappa shape index (κ1) is 13.7. The molecule has 7 heteroatoms. The fourth-order valence-corrected chi connectivity index (χ4v) is 2.99. The molecule has 0 atom stereocenters. The highest BCUT2D eigenvalue weighted by Gasteiger charge is 2.39. The molecule has 1 amide bonds. The molecular weight excluding hydrogens is 274 g/mol. The number of benzene rings is 1. The zero-order valence-electron chi connectivity index (χ0n) is 11.5. The number of quaternary nitrogens is 1. The third-order valence-electron chi connectivity index (χ3n) is 4.11. The van der Waals surface area contributed by atoms with Crippen molar-refractivity contribution in [1.82, 2.24) is 0 Å². The third-order valence-corrected chi connectivity index (χ3v) is 4.11. The fourth-order valence-electron chi connectivity index (χ4n) is 2.99. The Morgan fingerprint density at radius 2 is 1.90 bits per heavy atom. The van der Waals surface area contributed by atoms with Crippen LogP contribution in [0.1, 0.15) is 29.6 Å². The standard InChI is InChI=1S/C14H15N3O4/c18-13-11-8-10(17(20)21)4-5-12(11)16(14(13)19)9-15-6-2-1-3-7-15/h4-5,8H,1-3,6-7,9H2/p+1. The average molecular weight is 290 g/mol. The van der Waals surface area contributed by atoms with Crippen LogP contribution in [0, 0.1) is 10.1 Å². The van der Waals surface area contributed by atoms with Gasteiger partial charge in [0.25, 0.3) is 11.5 Å². The van der Waals surface area contributed by atoms with Crippen molar-refractivity contribution >= 4 is 23.1 Å². The first-order valence-electron chi connectivity index (χ1n) is 7.06. The van der Waals surface area contributed by atoms with E-state index in [1.54, 1.807) is 0 Å². The van der Waals surface area contributed by atoms with E-state index in [2.05, 4.69) is 0 Å². The van der Waals surface area contributed by atoms with Crippen LogP contribution in [0.25, 0.3) is 0 Å². The molecule has 0 aromatic heterocycles. The maximum Gasteiger partial charge on any atom is 0.303 e. The number of carbonyl (C=O) groups is 2. The maximum atomic E-state index is 12.1. The van der Waals surface area contributed by atoms with Crippen molar-refractivity contribution < 1.29 is 19.4 Å². The summed E-state index contributed by atoms with van der Waals surface area (Å²) in [6, 6.07) is 4.03. The molecule has 3 rings (SSSR count). The lowest BCUT2D eigenvalue weighted by Crippen LogP contribution is -3.14. The molecule has 110 valence electrons. The largest absolute Gasteiger partial charge is 0.317 e. The van der Waals surface area contributed by atoms with Crippen molar-refractivity contribution in [2.24, 2.45) is 0 Å². The van der Waals surface area contributed by atoms with E-state index in [-0.39, 0.29) is 11.3 Å². The molecule has 2 aliphatic rings. The summed E-state index contributed by atoms with van der Waals surface area (Å²) in [5.74, 6) is -1.23. The highest BCUT2D eigenvalue weighted by atomic mass is 16.6. The Balaban J connectivity index is 1.88. The molecule has 0 spiro atoms. The molecule has 0 aliphatic carbocycles. The Morgan fingerprint density at radius 3 is 2.57 bits per heavy atom. The minimum absolute atomic E-state index is 0.144. The molecule has 1 fully saturated rings. The fraction of sp³-hybridized carbons (Fsp3) is 0.429. The lowest BCUT2D eigenvalue weighted by molar-refractivity contribution is -0.903. The highest BCUT2D eigenvalue weighted by Crippen LogP contribution is 2.31. The van der Waals surface area contributed by atoms with Crippen LogP contribution in [-0.4, -0.2) is 36.4 Å². The molecule has 0 radical (unpaired) electrons. The summed E-state index contributed by atoms with van der Waals surface area (Å²) in [6.45, 7) is 2.43. The third kappa shape index (κ3) is 2.40. The minimum Gasteiger partial charge on any atom is -0.317 e. The predicted molar refractivity (Wildman–Crippen MR) is 74.3 cm³/mol. The number of rotatable bonds is 3. The SMILES string of the molecule is O=C1C(=O)N(C[NH+]2CCCCC2)c2ccc([N+](=O)[O-])cc21. The van der Waals surface area contributed by atoms with Crippen LogP contribution in [0.3, 0.4) is 0 Å². The second kappa shape index (κ2) is 5.25. The average Bonchev–Trinajstić information content (AvgIpc) is 2.73. The lowest BCUT2D eigenvalue weighted by atomic mass is 10.1. The van der Waals surface area contributed by atoms with Gasteiger partial charge in [0.2, 0.25) is 0 Å². The first-order valence-corrected chi connectivity index (χ1v) is 7.06. The summed E-state index contributed by atoms with van der Waals surface area (Å²) in [5, 5.41) is 10.8. The van der Waals surface area contributed by atoms with Crippen LogP contribution in [-0.2, 0) is 4.79 Å². The van der Waals surface area contributed by atoms with Crippen LogP contribution < -0.4 is 9.80 Å². The van der Waals surface area contributed by atoms with Crippen molar-refractivity contribution in [2.45, 2.75) is 19.3 Å². The number of carbonyl (C=O) groups excluding carboxylic acids is 2. The number of hydrogen-bond acceptors (Lipinski definition) is 4. The zero-order valence-corrected chi connectivity index (χ0v) is 11.5. The van der Waals surface area contributed by atoms with Gasteiger partial charge in [-0.2, -0.15) is 0 Å². The van der Waals surface area contributed by atoms with E-state index in [1.807, 2.05) is 0 Å². The van der Waals surface area contributed by atoms with E-state index in [0.29, 0.717) is 12.4 Å². The smallest absolute Gasteiger partial charge is 0.303 e. The van der Waals surface area contributed by atoms with Crippen LogP contribution >= 0.6 is 0 Å². The van der Waals surface area contributed by atoms with Crippen LogP contribution in [0.4, 0.5) is 11.4 Å². The molecule has 0 unspecified atom stereocenters. The van der Waals surface area contributed by atoms with Gasteiger partial charge in [-0.05, 0) is 25.3 Å². The summed E-state index contributed by atoms with van der Waals surface area (Å²) < 4.78 is 0. The van der Waals surface area contributed by atoms with Gasteiger partial charge in [0.05, 0.1) is 29.3 Å². The van der Waals surface area contributed by atoms with Gasteiger partial charge in [-0.25, -0.2) is 0 Å². The summed E-state index contributed by atoms with van der Waals surface area (Å²) in [6.07, 6.45) is 3.45. The number of amides is 1. The van der Waals surface area contributed by atoms with Gasteiger partial charge in [0, 0.05) is 12.1 Å². The van der Waals surface area contributed by atoms with Crippen LogP contribution in [0.15, 0.2) is 18.2 Å². The summed E-state index contributed by atoms with van der Waals surface area (Å²) in [4.78, 5) is 37.1. The highest BCUT2D eigenvalue weighted by molar-refractivity contribution is 6.52. The number of nitro benzene ring substituents is 1. The number of non-ortho nitro benzene ring substituents is 1. The minimum atomic E-state index is -0.648. The second-order valence-electron chi connectivity index (χ2n) is 5.49. The molecule has 1 saturated heterocycles. The van der Waals surface area contributed by atoms with Gasteiger partial charge < -0.3 is 4.90 Å². The molecule has 1 aromatic carbocycles.